The van der Waals surface area contributed by atoms with Gasteiger partial charge in [-0.25, -0.2) is 0 Å². The molecule has 0 aliphatic carbocycles. The second-order valence-electron chi connectivity index (χ2n) is 8.38. The van der Waals surface area contributed by atoms with Crippen molar-refractivity contribution in [3.63, 3.8) is 0 Å². The molecule has 0 fully saturated rings. The number of nitrogens with zero attached hydrogens (tertiary/aromatic N) is 1. The van der Waals surface area contributed by atoms with Crippen LogP contribution in [0.3, 0.4) is 0 Å². The summed E-state index contributed by atoms with van der Waals surface area (Å²) in [5, 5.41) is 0. The van der Waals surface area contributed by atoms with Crippen LogP contribution in [0.25, 0.3) is 0 Å². The molecule has 4 aromatic rings. The lowest BCUT2D eigenvalue weighted by molar-refractivity contribution is 0.298. The summed E-state index contributed by atoms with van der Waals surface area (Å²) < 4.78 is 7.33. The number of halogens is 1. The van der Waals surface area contributed by atoms with E-state index >= 15 is 0 Å². The smallest absolute Gasteiger partial charge is 0.123 e. The van der Waals surface area contributed by atoms with E-state index in [1.54, 1.807) is 0 Å². The molecule has 2 aliphatic heterocycles. The van der Waals surface area contributed by atoms with Crippen molar-refractivity contribution in [1.82, 2.24) is 0 Å². The van der Waals surface area contributed by atoms with Crippen LogP contribution in [0.1, 0.15) is 28.3 Å². The normalized spacial score (nSPS) is 18.8. The van der Waals surface area contributed by atoms with E-state index in [2.05, 4.69) is 124 Å². The Bertz CT molecular complexity index is 1200. The molecule has 4 aromatic carbocycles. The van der Waals surface area contributed by atoms with Gasteiger partial charge in [0.2, 0.25) is 0 Å². The van der Waals surface area contributed by atoms with Gasteiger partial charge in [0.25, 0.3) is 0 Å². The number of benzene rings is 4. The fourth-order valence-corrected chi connectivity index (χ4v) is 5.64. The molecule has 1 spiro atoms. The van der Waals surface area contributed by atoms with Crippen molar-refractivity contribution in [1.29, 1.82) is 0 Å². The molecule has 0 bridgehead atoms. The Morgan fingerprint density at radius 2 is 1.39 bits per heavy atom. The predicted octanol–water partition coefficient (Wildman–Crippen LogP) is 6.74. The largest absolute Gasteiger partial charge is 0.492 e. The van der Waals surface area contributed by atoms with Gasteiger partial charge < -0.3 is 9.64 Å². The van der Waals surface area contributed by atoms with E-state index in [0.29, 0.717) is 6.61 Å². The minimum atomic E-state index is -0.169. The molecular formula is C28H22BrNO. The number of para-hydroxylation sites is 1. The molecule has 6 rings (SSSR count). The molecule has 0 N–H and O–H groups in total. The van der Waals surface area contributed by atoms with Crippen molar-refractivity contribution in [2.24, 2.45) is 0 Å². The van der Waals surface area contributed by atoms with Gasteiger partial charge in [0.05, 0.1) is 11.5 Å². The van der Waals surface area contributed by atoms with Gasteiger partial charge in [0, 0.05) is 22.3 Å². The second kappa shape index (κ2) is 7.28. The van der Waals surface area contributed by atoms with Gasteiger partial charge in [0.1, 0.15) is 12.4 Å². The van der Waals surface area contributed by atoms with Gasteiger partial charge >= 0.3 is 0 Å². The van der Waals surface area contributed by atoms with Crippen LogP contribution in [0.4, 0.5) is 5.69 Å². The summed E-state index contributed by atoms with van der Waals surface area (Å²) in [6, 6.07) is 37.0. The highest BCUT2D eigenvalue weighted by Crippen LogP contribution is 2.54. The van der Waals surface area contributed by atoms with Crippen LogP contribution in [0.2, 0.25) is 0 Å². The van der Waals surface area contributed by atoms with Crippen molar-refractivity contribution >= 4 is 21.6 Å². The summed E-state index contributed by atoms with van der Waals surface area (Å²) in [6.07, 6.45) is 0. The molecule has 3 heteroatoms. The highest BCUT2D eigenvalue weighted by atomic mass is 79.9. The first-order valence-corrected chi connectivity index (χ1v) is 11.4. The average Bonchev–Trinajstić information content (AvgIpc) is 3.35. The summed E-state index contributed by atoms with van der Waals surface area (Å²) in [6.45, 7) is 1.55. The van der Waals surface area contributed by atoms with Gasteiger partial charge in [-0.2, -0.15) is 0 Å². The Labute approximate surface area is 191 Å². The summed E-state index contributed by atoms with van der Waals surface area (Å²) in [7, 11) is 0. The number of rotatable bonds is 3. The molecule has 2 aliphatic rings. The highest BCUT2D eigenvalue weighted by molar-refractivity contribution is 9.10. The molecule has 0 saturated heterocycles. The van der Waals surface area contributed by atoms with Crippen LogP contribution >= 0.6 is 15.9 Å². The molecule has 0 radical (unpaired) electrons. The maximum absolute atomic E-state index is 6.24. The third-order valence-corrected chi connectivity index (χ3v) is 7.14. The third-order valence-electron chi connectivity index (χ3n) is 6.64. The van der Waals surface area contributed by atoms with Gasteiger partial charge in [-0.05, 0) is 41.0 Å². The maximum Gasteiger partial charge on any atom is 0.123 e. The minimum Gasteiger partial charge on any atom is -0.492 e. The Hall–Kier alpha value is -3.04. The van der Waals surface area contributed by atoms with Gasteiger partial charge in [0.15, 0.2) is 0 Å². The SMILES string of the molecule is Brc1ccc2c(c1)C1(CO2)CN(C(c2ccccc2)c2ccccc2)c2ccccc21. The Balaban J connectivity index is 1.55. The van der Waals surface area contributed by atoms with Crippen molar-refractivity contribution in [3.8, 4) is 5.75 Å². The molecule has 2 heterocycles. The Morgan fingerprint density at radius 3 is 2.10 bits per heavy atom. The fourth-order valence-electron chi connectivity index (χ4n) is 5.28. The van der Waals surface area contributed by atoms with Gasteiger partial charge in [-0.3, -0.25) is 0 Å². The monoisotopic (exact) mass is 467 g/mol. The van der Waals surface area contributed by atoms with Gasteiger partial charge in [-0.1, -0.05) is 94.8 Å². The third kappa shape index (κ3) is 2.91. The minimum absolute atomic E-state index is 0.138. The van der Waals surface area contributed by atoms with Crippen LogP contribution in [0.15, 0.2) is 108 Å². The Kier molecular flexibility index (Phi) is 4.39. The van der Waals surface area contributed by atoms with Crippen LogP contribution in [-0.2, 0) is 5.41 Å². The average molecular weight is 468 g/mol. The number of hydrogen-bond acceptors (Lipinski definition) is 2. The molecule has 0 amide bonds. The van der Waals surface area contributed by atoms with E-state index in [-0.39, 0.29) is 11.5 Å². The molecule has 152 valence electrons. The van der Waals surface area contributed by atoms with Crippen molar-refractivity contribution in [2.45, 2.75) is 11.5 Å². The van der Waals surface area contributed by atoms with Crippen LogP contribution in [-0.4, -0.2) is 13.2 Å². The van der Waals surface area contributed by atoms with E-state index in [4.69, 9.17) is 4.74 Å². The first-order valence-electron chi connectivity index (χ1n) is 10.7. The first kappa shape index (κ1) is 18.7. The summed E-state index contributed by atoms with van der Waals surface area (Å²) in [4.78, 5) is 2.57. The van der Waals surface area contributed by atoms with E-state index in [0.717, 1.165) is 16.8 Å². The maximum atomic E-state index is 6.24. The van der Waals surface area contributed by atoms with Crippen LogP contribution in [0, 0.1) is 0 Å². The molecule has 1 atom stereocenters. The quantitative estimate of drug-likeness (QED) is 0.330. The zero-order chi connectivity index (χ0) is 20.8. The lowest BCUT2D eigenvalue weighted by Crippen LogP contribution is -2.38. The standard InChI is InChI=1S/C28H22BrNO/c29-22-15-16-26-24(17-22)28(19-31-26)18-30(25-14-8-7-13-23(25)28)27(20-9-3-1-4-10-20)21-11-5-2-6-12-21/h1-17,27H,18-19H2. The molecule has 0 saturated carbocycles. The summed E-state index contributed by atoms with van der Waals surface area (Å²) in [5.41, 5.74) is 6.34. The molecule has 2 nitrogen and oxygen atoms in total. The molecule has 1 unspecified atom stereocenters. The Morgan fingerprint density at radius 1 is 0.742 bits per heavy atom. The number of ether oxygens (including phenoxy) is 1. The van der Waals surface area contributed by atoms with E-state index in [1.165, 1.54) is 27.9 Å². The fraction of sp³-hybridized carbons (Fsp3) is 0.143. The van der Waals surface area contributed by atoms with Crippen LogP contribution < -0.4 is 9.64 Å². The summed E-state index contributed by atoms with van der Waals surface area (Å²) >= 11 is 3.68. The molecule has 31 heavy (non-hydrogen) atoms. The van der Waals surface area contributed by atoms with Crippen molar-refractivity contribution < 1.29 is 4.74 Å². The van der Waals surface area contributed by atoms with Gasteiger partial charge in [-0.15, -0.1) is 0 Å². The first-order chi connectivity index (χ1) is 15.3. The van der Waals surface area contributed by atoms with Crippen molar-refractivity contribution in [2.75, 3.05) is 18.1 Å². The number of fused-ring (bicyclic) bond motifs is 4. The zero-order valence-corrected chi connectivity index (χ0v) is 18.6. The van der Waals surface area contributed by atoms with Crippen molar-refractivity contribution in [3.05, 3.63) is 130 Å². The number of anilines is 1. The number of hydrogen-bond donors (Lipinski definition) is 0. The predicted molar refractivity (Wildman–Crippen MR) is 129 cm³/mol. The summed E-state index contributed by atoms with van der Waals surface area (Å²) in [5.74, 6) is 0.996. The lowest BCUT2D eigenvalue weighted by Gasteiger charge is -2.33. The van der Waals surface area contributed by atoms with Crippen LogP contribution in [0.5, 0.6) is 5.75 Å². The zero-order valence-electron chi connectivity index (χ0n) is 17.0. The highest BCUT2D eigenvalue weighted by Gasteiger charge is 2.51. The lowest BCUT2D eigenvalue weighted by atomic mass is 9.78. The van der Waals surface area contributed by atoms with E-state index in [1.807, 2.05) is 0 Å². The van der Waals surface area contributed by atoms with E-state index in [9.17, 15) is 0 Å². The molecular weight excluding hydrogens is 446 g/mol. The topological polar surface area (TPSA) is 12.5 Å². The van der Waals surface area contributed by atoms with E-state index < -0.39 is 0 Å². The molecule has 0 aromatic heterocycles. The second-order valence-corrected chi connectivity index (χ2v) is 9.30.